The highest BCUT2D eigenvalue weighted by Crippen LogP contribution is 2.58. The van der Waals surface area contributed by atoms with Gasteiger partial charge in [0.05, 0.1) is 11.5 Å². The number of esters is 1. The quantitative estimate of drug-likeness (QED) is 0.532. The first-order chi connectivity index (χ1) is 6.03. The molecule has 1 unspecified atom stereocenters. The largest absolute Gasteiger partial charge is 0.433 e. The van der Waals surface area contributed by atoms with E-state index in [1.807, 2.05) is 13.8 Å². The Morgan fingerprint density at radius 3 is 2.92 bits per heavy atom. The van der Waals surface area contributed by atoms with Crippen LogP contribution in [0.5, 0.6) is 0 Å². The molecule has 0 N–H and O–H groups in total. The lowest BCUT2D eigenvalue weighted by atomic mass is 9.61. The van der Waals surface area contributed by atoms with Gasteiger partial charge in [0.2, 0.25) is 5.79 Å². The Labute approximate surface area is 77.4 Å². The third-order valence-corrected chi connectivity index (χ3v) is 3.79. The van der Waals surface area contributed by atoms with Crippen LogP contribution in [0, 0.1) is 11.8 Å². The molecule has 4 heterocycles. The van der Waals surface area contributed by atoms with Gasteiger partial charge in [-0.2, -0.15) is 0 Å². The molecule has 5 rings (SSSR count). The van der Waals surface area contributed by atoms with Crippen molar-refractivity contribution in [3.8, 4) is 0 Å². The second-order valence-electron chi connectivity index (χ2n) is 4.95. The van der Waals surface area contributed by atoms with Crippen LogP contribution < -0.4 is 0 Å². The van der Waals surface area contributed by atoms with E-state index in [4.69, 9.17) is 9.47 Å². The summed E-state index contributed by atoms with van der Waals surface area (Å²) in [5.41, 5.74) is -0.217. The minimum atomic E-state index is -0.631. The molecule has 4 aliphatic heterocycles. The molecular weight excluding hydrogens is 168 g/mol. The molecule has 4 bridgehead atoms. The molecule has 0 radical (unpaired) electrons. The Bertz CT molecular complexity index is 286. The summed E-state index contributed by atoms with van der Waals surface area (Å²) in [7, 11) is 0. The third-order valence-electron chi connectivity index (χ3n) is 3.79. The summed E-state index contributed by atoms with van der Waals surface area (Å²) in [6.07, 6.45) is 2.96. The van der Waals surface area contributed by atoms with Gasteiger partial charge >= 0.3 is 5.97 Å². The number of carbonyl (C=O) groups is 1. The van der Waals surface area contributed by atoms with Crippen LogP contribution in [0.1, 0.15) is 33.1 Å². The Kier molecular flexibility index (Phi) is 1.15. The van der Waals surface area contributed by atoms with E-state index in [0.29, 0.717) is 5.92 Å². The second kappa shape index (κ2) is 1.92. The molecule has 1 aliphatic carbocycles. The highest BCUT2D eigenvalue weighted by Gasteiger charge is 2.65. The van der Waals surface area contributed by atoms with Gasteiger partial charge in [-0.05, 0) is 25.7 Å². The van der Waals surface area contributed by atoms with Crippen LogP contribution in [0.3, 0.4) is 0 Å². The van der Waals surface area contributed by atoms with E-state index in [1.165, 1.54) is 0 Å². The van der Waals surface area contributed by atoms with Crippen LogP contribution in [-0.4, -0.2) is 17.4 Å². The van der Waals surface area contributed by atoms with Crippen LogP contribution in [0.2, 0.25) is 0 Å². The fourth-order valence-electron chi connectivity index (χ4n) is 3.26. The van der Waals surface area contributed by atoms with Crippen LogP contribution in [0.15, 0.2) is 0 Å². The number of ether oxygens (including phenoxy) is 2. The molecule has 1 saturated carbocycles. The van der Waals surface area contributed by atoms with Gasteiger partial charge in [0.25, 0.3) is 0 Å². The van der Waals surface area contributed by atoms with E-state index in [0.717, 1.165) is 19.3 Å². The number of hydrogen-bond donors (Lipinski definition) is 0. The summed E-state index contributed by atoms with van der Waals surface area (Å²) in [5.74, 6) is -0.136. The van der Waals surface area contributed by atoms with Gasteiger partial charge in [-0.25, -0.2) is 0 Å². The molecular formula is C10H14O3. The lowest BCUT2D eigenvalue weighted by molar-refractivity contribution is -0.325. The van der Waals surface area contributed by atoms with Crippen molar-refractivity contribution >= 4 is 5.97 Å². The average molecular weight is 182 g/mol. The predicted molar refractivity (Wildman–Crippen MR) is 44.8 cm³/mol. The molecule has 3 heteroatoms. The van der Waals surface area contributed by atoms with Gasteiger partial charge in [-0.3, -0.25) is 4.79 Å². The number of hydrogen-bond acceptors (Lipinski definition) is 3. The van der Waals surface area contributed by atoms with Crippen molar-refractivity contribution < 1.29 is 14.3 Å². The maximum absolute atomic E-state index is 11.6. The average Bonchev–Trinajstić information content (AvgIpc) is 2.15. The summed E-state index contributed by atoms with van der Waals surface area (Å²) >= 11 is 0. The van der Waals surface area contributed by atoms with Crippen molar-refractivity contribution in [2.75, 3.05) is 0 Å². The molecule has 0 amide bonds. The van der Waals surface area contributed by atoms with Crippen molar-refractivity contribution in [1.29, 1.82) is 0 Å². The zero-order valence-electron chi connectivity index (χ0n) is 8.00. The molecule has 5 fully saturated rings. The van der Waals surface area contributed by atoms with Crippen LogP contribution in [0.25, 0.3) is 0 Å². The van der Waals surface area contributed by atoms with Crippen LogP contribution >= 0.6 is 0 Å². The molecule has 13 heavy (non-hydrogen) atoms. The topological polar surface area (TPSA) is 35.5 Å². The van der Waals surface area contributed by atoms with E-state index in [1.54, 1.807) is 0 Å². The highest BCUT2D eigenvalue weighted by atomic mass is 16.7. The van der Waals surface area contributed by atoms with Gasteiger partial charge in [-0.15, -0.1) is 0 Å². The van der Waals surface area contributed by atoms with Crippen molar-refractivity contribution in [2.45, 2.75) is 44.5 Å². The van der Waals surface area contributed by atoms with Gasteiger partial charge in [0, 0.05) is 13.3 Å². The molecule has 72 valence electrons. The molecule has 3 nitrogen and oxygen atoms in total. The Balaban J connectivity index is 2.06. The van der Waals surface area contributed by atoms with Crippen molar-refractivity contribution in [1.82, 2.24) is 0 Å². The van der Waals surface area contributed by atoms with Gasteiger partial charge in [0.1, 0.15) is 0 Å². The maximum Gasteiger partial charge on any atom is 0.314 e. The third kappa shape index (κ3) is 0.810. The summed E-state index contributed by atoms with van der Waals surface area (Å²) in [6, 6.07) is 0. The number of fused-ring (bicyclic) bond motifs is 1. The summed E-state index contributed by atoms with van der Waals surface area (Å²) < 4.78 is 11.2. The molecule has 0 aromatic rings. The predicted octanol–water partition coefficient (Wildman–Crippen LogP) is 1.46. The van der Waals surface area contributed by atoms with E-state index < -0.39 is 5.79 Å². The molecule has 0 spiro atoms. The molecule has 0 aromatic heterocycles. The molecule has 0 aromatic carbocycles. The van der Waals surface area contributed by atoms with E-state index in [-0.39, 0.29) is 17.5 Å². The molecule has 4 atom stereocenters. The lowest BCUT2D eigenvalue weighted by Crippen LogP contribution is -2.63. The minimum absolute atomic E-state index is 0.0167. The normalized spacial score (nSPS) is 58.2. The van der Waals surface area contributed by atoms with Gasteiger partial charge in [-0.1, -0.05) is 0 Å². The first-order valence-electron chi connectivity index (χ1n) is 4.95. The van der Waals surface area contributed by atoms with Crippen molar-refractivity contribution in [3.63, 3.8) is 0 Å². The summed E-state index contributed by atoms with van der Waals surface area (Å²) in [5, 5.41) is 0. The zero-order valence-corrected chi connectivity index (χ0v) is 8.00. The monoisotopic (exact) mass is 182 g/mol. The smallest absolute Gasteiger partial charge is 0.314 e. The number of carbonyl (C=O) groups excluding carboxylic acids is 1. The first kappa shape index (κ1) is 7.80. The van der Waals surface area contributed by atoms with E-state index in [2.05, 4.69) is 0 Å². The standard InChI is InChI=1S/C10H14O3/c1-9-5-6-3-4-10(2,13-9)12-8(11)7(6)9/h6-7H,3-5H2,1-2H3/t6?,7-,9-,10+/m1/s1. The summed E-state index contributed by atoms with van der Waals surface area (Å²) in [4.78, 5) is 11.6. The van der Waals surface area contributed by atoms with E-state index >= 15 is 0 Å². The van der Waals surface area contributed by atoms with Gasteiger partial charge < -0.3 is 9.47 Å². The summed E-state index contributed by atoms with van der Waals surface area (Å²) in [6.45, 7) is 3.92. The SMILES string of the molecule is C[C@@]12CCC3C[C@@](C)(O1)[C@H]3C(=O)O2. The second-order valence-corrected chi connectivity index (χ2v) is 4.95. The number of rotatable bonds is 0. The molecule has 4 saturated heterocycles. The zero-order chi connectivity index (χ0) is 9.27. The molecule has 5 aliphatic rings. The van der Waals surface area contributed by atoms with Crippen molar-refractivity contribution in [2.24, 2.45) is 11.8 Å². The lowest BCUT2D eigenvalue weighted by Gasteiger charge is -2.54. The van der Waals surface area contributed by atoms with Crippen LogP contribution in [-0.2, 0) is 14.3 Å². The Morgan fingerprint density at radius 2 is 2.23 bits per heavy atom. The Hall–Kier alpha value is -0.570. The fraction of sp³-hybridized carbons (Fsp3) is 0.900. The first-order valence-corrected chi connectivity index (χ1v) is 4.95. The minimum Gasteiger partial charge on any atom is -0.433 e. The van der Waals surface area contributed by atoms with Crippen LogP contribution in [0.4, 0.5) is 0 Å². The maximum atomic E-state index is 11.6. The van der Waals surface area contributed by atoms with E-state index in [9.17, 15) is 4.79 Å². The van der Waals surface area contributed by atoms with Gasteiger partial charge in [0.15, 0.2) is 0 Å². The van der Waals surface area contributed by atoms with Crippen molar-refractivity contribution in [3.05, 3.63) is 0 Å². The fourth-order valence-corrected chi connectivity index (χ4v) is 3.26. The highest BCUT2D eigenvalue weighted by molar-refractivity contribution is 5.77. The Morgan fingerprint density at radius 1 is 1.46 bits per heavy atom.